The van der Waals surface area contributed by atoms with E-state index in [-0.39, 0.29) is 0 Å². The Morgan fingerprint density at radius 1 is 0.550 bits per heavy atom. The molecule has 2 nitrogen and oxygen atoms in total. The van der Waals surface area contributed by atoms with Gasteiger partial charge in [-0.1, -0.05) is 48.6 Å². The molecule has 2 heteroatoms. The quantitative estimate of drug-likeness (QED) is 0.528. The summed E-state index contributed by atoms with van der Waals surface area (Å²) in [6.07, 6.45) is 0. The molecule has 0 spiro atoms. The van der Waals surface area contributed by atoms with Gasteiger partial charge in [0.1, 0.15) is 0 Å². The van der Waals surface area contributed by atoms with Crippen molar-refractivity contribution in [2.45, 2.75) is 27.7 Å². The lowest BCUT2D eigenvalue weighted by Crippen LogP contribution is -2.38. The van der Waals surface area contributed by atoms with Crippen LogP contribution in [-0.4, -0.2) is 49.1 Å². The Kier molecular flexibility index (Phi) is 9.19. The van der Waals surface area contributed by atoms with Gasteiger partial charge in [-0.15, -0.1) is 0 Å². The second-order valence-corrected chi connectivity index (χ2v) is 6.25. The van der Waals surface area contributed by atoms with E-state index < -0.39 is 0 Å². The van der Waals surface area contributed by atoms with E-state index in [4.69, 9.17) is 0 Å². The third-order valence-electron chi connectivity index (χ3n) is 2.71. The van der Waals surface area contributed by atoms with Gasteiger partial charge in [0.25, 0.3) is 0 Å². The zero-order chi connectivity index (χ0) is 15.7. The lowest BCUT2D eigenvalue weighted by molar-refractivity contribution is 0.243. The third-order valence-corrected chi connectivity index (χ3v) is 2.71. The second-order valence-electron chi connectivity index (χ2n) is 6.25. The highest BCUT2D eigenvalue weighted by atomic mass is 15.2. The minimum Gasteiger partial charge on any atom is -0.294 e. The Hall–Kier alpha value is -1.12. The van der Waals surface area contributed by atoms with Gasteiger partial charge in [-0.25, -0.2) is 0 Å². The van der Waals surface area contributed by atoms with Crippen LogP contribution in [0.15, 0.2) is 48.6 Å². The summed E-state index contributed by atoms with van der Waals surface area (Å²) in [5.41, 5.74) is 4.77. The molecule has 0 bridgehead atoms. The molecule has 0 saturated heterocycles. The molecule has 20 heavy (non-hydrogen) atoms. The first-order chi connectivity index (χ1) is 9.20. The van der Waals surface area contributed by atoms with Crippen LogP contribution in [0.1, 0.15) is 27.7 Å². The number of rotatable bonds is 11. The Balaban J connectivity index is 4.49. The van der Waals surface area contributed by atoms with Crippen LogP contribution < -0.4 is 0 Å². The second kappa shape index (κ2) is 9.73. The van der Waals surface area contributed by atoms with Crippen molar-refractivity contribution in [1.82, 2.24) is 9.80 Å². The van der Waals surface area contributed by atoms with Crippen LogP contribution in [0, 0.1) is 0 Å². The van der Waals surface area contributed by atoms with Crippen molar-refractivity contribution < 1.29 is 0 Å². The van der Waals surface area contributed by atoms with E-state index in [2.05, 4.69) is 63.8 Å². The largest absolute Gasteiger partial charge is 0.294 e. The average Bonchev–Trinajstić information content (AvgIpc) is 2.22. The lowest BCUT2D eigenvalue weighted by atomic mass is 10.2. The topological polar surface area (TPSA) is 6.48 Å². The van der Waals surface area contributed by atoms with Gasteiger partial charge in [0.05, 0.1) is 0 Å². The molecular formula is C18H32N2. The maximum atomic E-state index is 4.01. The normalized spacial score (nSPS) is 10.9. The van der Waals surface area contributed by atoms with Gasteiger partial charge in [-0.3, -0.25) is 9.80 Å². The summed E-state index contributed by atoms with van der Waals surface area (Å²) >= 11 is 0. The van der Waals surface area contributed by atoms with E-state index in [0.717, 1.165) is 39.3 Å². The van der Waals surface area contributed by atoms with Crippen LogP contribution in [0.5, 0.6) is 0 Å². The van der Waals surface area contributed by atoms with E-state index in [1.54, 1.807) is 0 Å². The van der Waals surface area contributed by atoms with Crippen molar-refractivity contribution >= 4 is 0 Å². The summed E-state index contributed by atoms with van der Waals surface area (Å²) in [4.78, 5) is 4.79. The van der Waals surface area contributed by atoms with Gasteiger partial charge in [-0.05, 0) is 27.7 Å². The molecule has 0 aliphatic heterocycles. The van der Waals surface area contributed by atoms with Gasteiger partial charge in [0.15, 0.2) is 0 Å². The molecule has 0 fully saturated rings. The van der Waals surface area contributed by atoms with Crippen molar-refractivity contribution in [3.63, 3.8) is 0 Å². The van der Waals surface area contributed by atoms with E-state index in [9.17, 15) is 0 Å². The Labute approximate surface area is 126 Å². The molecule has 0 aromatic heterocycles. The van der Waals surface area contributed by atoms with Gasteiger partial charge in [0, 0.05) is 39.3 Å². The predicted molar refractivity (Wildman–Crippen MR) is 92.1 cm³/mol. The summed E-state index contributed by atoms with van der Waals surface area (Å²) in [5.74, 6) is 0. The first kappa shape index (κ1) is 18.9. The zero-order valence-corrected chi connectivity index (χ0v) is 14.0. The first-order valence-electron chi connectivity index (χ1n) is 7.23. The van der Waals surface area contributed by atoms with Crippen LogP contribution in [0.3, 0.4) is 0 Å². The maximum Gasteiger partial charge on any atom is 0.0191 e. The molecule has 0 aliphatic carbocycles. The molecule has 0 aromatic carbocycles. The molecule has 0 heterocycles. The number of hydrogen-bond donors (Lipinski definition) is 0. The van der Waals surface area contributed by atoms with Gasteiger partial charge in [0.2, 0.25) is 0 Å². The molecule has 0 radical (unpaired) electrons. The summed E-state index contributed by atoms with van der Waals surface area (Å²) in [6.45, 7) is 30.1. The fourth-order valence-corrected chi connectivity index (χ4v) is 2.24. The van der Waals surface area contributed by atoms with Gasteiger partial charge >= 0.3 is 0 Å². The Bertz CT molecular complexity index is 298. The zero-order valence-electron chi connectivity index (χ0n) is 14.0. The van der Waals surface area contributed by atoms with Crippen LogP contribution in [0.4, 0.5) is 0 Å². The fraction of sp³-hybridized carbons (Fsp3) is 0.556. The van der Waals surface area contributed by atoms with Gasteiger partial charge < -0.3 is 0 Å². The smallest absolute Gasteiger partial charge is 0.0191 e. The van der Waals surface area contributed by atoms with E-state index in [0.29, 0.717) is 0 Å². The van der Waals surface area contributed by atoms with Crippen molar-refractivity contribution in [2.75, 3.05) is 39.3 Å². The monoisotopic (exact) mass is 276 g/mol. The summed E-state index contributed by atoms with van der Waals surface area (Å²) in [5, 5.41) is 0. The number of hydrogen-bond acceptors (Lipinski definition) is 2. The summed E-state index contributed by atoms with van der Waals surface area (Å²) < 4.78 is 0. The first-order valence-corrected chi connectivity index (χ1v) is 7.23. The molecule has 0 saturated carbocycles. The molecule has 0 rings (SSSR count). The average molecular weight is 276 g/mol. The molecule has 0 amide bonds. The van der Waals surface area contributed by atoms with Gasteiger partial charge in [-0.2, -0.15) is 0 Å². The number of nitrogens with zero attached hydrogens (tertiary/aromatic N) is 2. The van der Waals surface area contributed by atoms with Crippen molar-refractivity contribution in [2.24, 2.45) is 0 Å². The predicted octanol–water partition coefficient (Wildman–Crippen LogP) is 3.89. The maximum absolute atomic E-state index is 4.01. The van der Waals surface area contributed by atoms with Crippen LogP contribution in [-0.2, 0) is 0 Å². The SMILES string of the molecule is C=C(C)CN(CCN(CC(=C)C)CC(=C)C)CC(=C)C. The highest BCUT2D eigenvalue weighted by Gasteiger charge is 2.10. The fourth-order valence-electron chi connectivity index (χ4n) is 2.24. The summed E-state index contributed by atoms with van der Waals surface area (Å²) in [6, 6.07) is 0. The molecular weight excluding hydrogens is 244 g/mol. The molecule has 0 N–H and O–H groups in total. The van der Waals surface area contributed by atoms with Crippen LogP contribution in [0.25, 0.3) is 0 Å². The minimum atomic E-state index is 0.931. The molecule has 0 unspecified atom stereocenters. The van der Waals surface area contributed by atoms with E-state index in [1.807, 2.05) is 0 Å². The Morgan fingerprint density at radius 2 is 0.750 bits per heavy atom. The van der Waals surface area contributed by atoms with E-state index >= 15 is 0 Å². The molecule has 0 aliphatic rings. The third kappa shape index (κ3) is 10.8. The highest BCUT2D eigenvalue weighted by molar-refractivity contribution is 5.00. The van der Waals surface area contributed by atoms with E-state index in [1.165, 1.54) is 22.3 Å². The van der Waals surface area contributed by atoms with Crippen LogP contribution >= 0.6 is 0 Å². The van der Waals surface area contributed by atoms with Crippen molar-refractivity contribution in [3.8, 4) is 0 Å². The summed E-state index contributed by atoms with van der Waals surface area (Å²) in [7, 11) is 0. The molecule has 0 atom stereocenters. The molecule has 114 valence electrons. The van der Waals surface area contributed by atoms with Crippen LogP contribution in [0.2, 0.25) is 0 Å². The van der Waals surface area contributed by atoms with Crippen molar-refractivity contribution in [3.05, 3.63) is 48.6 Å². The standard InChI is InChI=1S/C18H32N2/c1-15(2)11-19(12-16(3)4)9-10-20(13-17(5)6)14-18(7)8/h1,3,5,7,9-14H2,2,4,6,8H3. The minimum absolute atomic E-state index is 0.931. The Morgan fingerprint density at radius 3 is 0.900 bits per heavy atom. The van der Waals surface area contributed by atoms with Crippen molar-refractivity contribution in [1.29, 1.82) is 0 Å². The molecule has 0 aromatic rings. The lowest BCUT2D eigenvalue weighted by Gasteiger charge is -2.28. The highest BCUT2D eigenvalue weighted by Crippen LogP contribution is 2.04.